The van der Waals surface area contributed by atoms with Gasteiger partial charge in [-0.25, -0.2) is 4.57 Å². The van der Waals surface area contributed by atoms with Gasteiger partial charge in [-0.3, -0.25) is 13.8 Å². The third kappa shape index (κ3) is 35.4. The molecule has 0 spiro atoms. The zero-order valence-corrected chi connectivity index (χ0v) is 47.5. The van der Waals surface area contributed by atoms with Crippen LogP contribution in [0.1, 0.15) is 212 Å². The average Bonchev–Trinajstić information content (AvgIpc) is 3.28. The van der Waals surface area contributed by atoms with Crippen LogP contribution in [0.5, 0.6) is 0 Å². The van der Waals surface area contributed by atoms with Gasteiger partial charge in [-0.05, 0) is 212 Å². The summed E-state index contributed by atoms with van der Waals surface area (Å²) in [5.74, 6) is 0. The second-order valence-corrected chi connectivity index (χ2v) is 22.0. The first-order chi connectivity index (χ1) is 33.7. The van der Waals surface area contributed by atoms with E-state index in [2.05, 4.69) is 142 Å². The zero-order chi connectivity index (χ0) is 53.0. The molecule has 5 unspecified atom stereocenters. The summed E-state index contributed by atoms with van der Waals surface area (Å²) in [6.07, 6.45) is 43.2. The Labute approximate surface area is 433 Å². The molecule has 9 nitrogen and oxygen atoms in total. The van der Waals surface area contributed by atoms with E-state index in [1.165, 1.54) is 68.6 Å². The molecule has 1 heterocycles. The van der Waals surface area contributed by atoms with Crippen LogP contribution in [-0.2, 0) is 23.1 Å². The van der Waals surface area contributed by atoms with Crippen LogP contribution in [0.4, 0.5) is 0 Å². The number of ether oxygens (including phenoxy) is 1. The minimum Gasteiger partial charge on any atom is -0.388 e. The van der Waals surface area contributed by atoms with E-state index >= 15 is 0 Å². The van der Waals surface area contributed by atoms with Gasteiger partial charge in [-0.15, -0.1) is 0 Å². The third-order valence-electron chi connectivity index (χ3n) is 13.0. The molecule has 0 radical (unpaired) electrons. The maximum Gasteiger partial charge on any atom is 0.474 e. The van der Waals surface area contributed by atoms with Crippen molar-refractivity contribution in [1.82, 2.24) is 5.32 Å². The molecule has 1 aliphatic heterocycles. The number of phosphoric acid groups is 1. The highest BCUT2D eigenvalue weighted by atomic mass is 31.2. The van der Waals surface area contributed by atoms with Gasteiger partial charge in [0.25, 0.3) is 0 Å². The Morgan fingerprint density at radius 2 is 0.732 bits per heavy atom. The van der Waals surface area contributed by atoms with Gasteiger partial charge in [-0.2, -0.15) is 0 Å². The van der Waals surface area contributed by atoms with Gasteiger partial charge in [0.1, 0.15) is 12.2 Å². The Kier molecular flexibility index (Phi) is 36.1. The summed E-state index contributed by atoms with van der Waals surface area (Å²) in [6, 6.07) is -0.860. The van der Waals surface area contributed by atoms with Gasteiger partial charge in [0, 0.05) is 0 Å². The molecule has 0 aliphatic carbocycles. The molecule has 0 bridgehead atoms. The molecule has 0 aromatic rings. The highest BCUT2D eigenvalue weighted by Gasteiger charge is 2.42. The largest absolute Gasteiger partial charge is 0.474 e. The number of carbonyl (C=O) groups is 1. The van der Waals surface area contributed by atoms with Gasteiger partial charge < -0.3 is 25.2 Å². The Balaban J connectivity index is 2.25. The molecule has 71 heavy (non-hydrogen) atoms. The lowest BCUT2D eigenvalue weighted by atomic mass is 10.0. The smallest absolute Gasteiger partial charge is 0.388 e. The van der Waals surface area contributed by atoms with Gasteiger partial charge in [0.2, 0.25) is 6.41 Å². The van der Waals surface area contributed by atoms with Crippen LogP contribution in [0, 0.1) is 0 Å². The number of carbonyl (C=O) groups excluding carboxylic acids is 1. The number of hydrogen-bond donors (Lipinski definition) is 4. The molecule has 1 amide bonds. The van der Waals surface area contributed by atoms with Gasteiger partial charge >= 0.3 is 7.82 Å². The minimum absolute atomic E-state index is 0.162. The number of aliphatic hydroxyl groups is 2. The molecular weight excluding hydrogens is 906 g/mol. The van der Waals surface area contributed by atoms with Crippen molar-refractivity contribution in [3.05, 3.63) is 128 Å². The van der Waals surface area contributed by atoms with Crippen molar-refractivity contribution < 1.29 is 38.3 Å². The van der Waals surface area contributed by atoms with Gasteiger partial charge in [0.15, 0.2) is 6.29 Å². The topological polar surface area (TPSA) is 135 Å². The molecule has 0 saturated carbocycles. The van der Waals surface area contributed by atoms with Crippen LogP contribution < -0.4 is 5.32 Å². The summed E-state index contributed by atoms with van der Waals surface area (Å²) >= 11 is 0. The quantitative estimate of drug-likeness (QED) is 0.0275. The Bertz CT molecular complexity index is 1950. The second-order valence-electron chi connectivity index (χ2n) is 20.6. The van der Waals surface area contributed by atoms with E-state index in [-0.39, 0.29) is 13.2 Å². The summed E-state index contributed by atoms with van der Waals surface area (Å²) in [7, 11) is -4.58. The fourth-order valence-electron chi connectivity index (χ4n) is 8.08. The maximum absolute atomic E-state index is 12.4. The minimum atomic E-state index is -4.58. The van der Waals surface area contributed by atoms with Crippen LogP contribution >= 0.6 is 7.82 Å². The van der Waals surface area contributed by atoms with Crippen molar-refractivity contribution >= 4 is 14.2 Å². The van der Waals surface area contributed by atoms with Crippen molar-refractivity contribution in [1.29, 1.82) is 0 Å². The predicted molar refractivity (Wildman–Crippen MR) is 301 cm³/mol. The van der Waals surface area contributed by atoms with E-state index in [9.17, 15) is 24.5 Å². The maximum atomic E-state index is 12.4. The molecule has 4 N–H and O–H groups in total. The molecular formula is C61H100NO8P. The summed E-state index contributed by atoms with van der Waals surface area (Å²) in [4.78, 5) is 20.7. The fourth-order valence-corrected chi connectivity index (χ4v) is 8.85. The number of amides is 1. The molecule has 1 rings (SSSR count). The zero-order valence-electron chi connectivity index (χ0n) is 46.6. The first-order valence-corrected chi connectivity index (χ1v) is 28.2. The number of aliphatic hydroxyl groups excluding tert-OH is 2. The summed E-state index contributed by atoms with van der Waals surface area (Å²) < 4.78 is 27.5. The lowest BCUT2D eigenvalue weighted by molar-refractivity contribution is -0.222. The molecule has 0 aromatic heterocycles. The van der Waals surface area contributed by atoms with Crippen molar-refractivity contribution in [3.63, 3.8) is 0 Å². The van der Waals surface area contributed by atoms with Gasteiger partial charge in [-0.1, -0.05) is 128 Å². The first kappa shape index (κ1) is 65.6. The van der Waals surface area contributed by atoms with Crippen LogP contribution in [0.15, 0.2) is 128 Å². The second kappa shape index (κ2) is 39.1. The third-order valence-corrected chi connectivity index (χ3v) is 14.0. The Morgan fingerprint density at radius 1 is 0.465 bits per heavy atom. The monoisotopic (exact) mass is 1010 g/mol. The molecule has 5 atom stereocenters. The molecule has 1 fully saturated rings. The first-order valence-electron chi connectivity index (χ1n) is 26.7. The summed E-state index contributed by atoms with van der Waals surface area (Å²) in [5, 5.41) is 22.5. The Hall–Kier alpha value is -3.40. The number of phosphoric ester groups is 1. The van der Waals surface area contributed by atoms with E-state index in [4.69, 9.17) is 13.8 Å². The van der Waals surface area contributed by atoms with E-state index < -0.39 is 32.4 Å². The highest BCUT2D eigenvalue weighted by molar-refractivity contribution is 7.47. The SMILES string of the molecule is CC(C)=CCCC(C)=CCCC(C)=CCCC(C)=CCCC(C)=CCCC(C)=CCCC(C)=CCCC(C)=CCCC(C)=CCCC(C)=CCCC(C)=CCOP(=O)(O)OC1OCC(NC=O)C(O)C1O. The fraction of sp³-hybridized carbons (Fsp3) is 0.623. The van der Waals surface area contributed by atoms with E-state index in [1.54, 1.807) is 6.08 Å². The molecule has 1 aliphatic rings. The molecule has 10 heteroatoms. The van der Waals surface area contributed by atoms with Crippen LogP contribution in [0.2, 0.25) is 0 Å². The van der Waals surface area contributed by atoms with Crippen molar-refractivity contribution in [2.45, 2.75) is 236 Å². The van der Waals surface area contributed by atoms with Crippen molar-refractivity contribution in [2.75, 3.05) is 13.2 Å². The number of nitrogens with one attached hydrogen (secondary N) is 1. The van der Waals surface area contributed by atoms with Crippen LogP contribution in [0.25, 0.3) is 0 Å². The van der Waals surface area contributed by atoms with Gasteiger partial charge in [0.05, 0.1) is 19.3 Å². The highest BCUT2D eigenvalue weighted by Crippen LogP contribution is 2.46. The standard InChI is InChI=1S/C61H100NO8P/c1-47(2)23-13-24-48(3)25-14-26-49(4)27-15-28-50(5)29-16-30-51(6)31-17-32-52(7)33-18-34-53(8)35-19-36-54(9)37-20-38-55(10)39-21-40-56(11)41-22-42-57(12)43-44-69-71(66,67)70-61-60(65)59(64)58(45-68-61)62-46-63/h23,25,27,29,31,33,35,37,39,41,43,46,58-61,64-65H,13-22,24,26,28,30,32,34,36,38,40,42,44-45H2,1-12H3,(H,62,63)(H,66,67). The summed E-state index contributed by atoms with van der Waals surface area (Å²) in [5.41, 5.74) is 15.7. The average molecular weight is 1010 g/mol. The lowest BCUT2D eigenvalue weighted by Gasteiger charge is -2.36. The van der Waals surface area contributed by atoms with E-state index in [0.29, 0.717) is 6.41 Å². The predicted octanol–water partition coefficient (Wildman–Crippen LogP) is 16.5. The molecule has 0 aromatic carbocycles. The van der Waals surface area contributed by atoms with E-state index in [1.807, 2.05) is 6.92 Å². The number of rotatable bonds is 37. The lowest BCUT2D eigenvalue weighted by Crippen LogP contribution is -2.58. The number of allylic oxidation sites excluding steroid dienone is 21. The van der Waals surface area contributed by atoms with Crippen molar-refractivity contribution in [2.24, 2.45) is 0 Å². The van der Waals surface area contributed by atoms with Crippen LogP contribution in [0.3, 0.4) is 0 Å². The Morgan fingerprint density at radius 3 is 1.00 bits per heavy atom. The normalized spacial score (nSPS) is 20.6. The van der Waals surface area contributed by atoms with E-state index in [0.717, 1.165) is 121 Å². The van der Waals surface area contributed by atoms with Crippen LogP contribution in [-0.4, -0.2) is 59.3 Å². The molecule has 1 saturated heterocycles. The number of hydrogen-bond acceptors (Lipinski definition) is 7. The summed E-state index contributed by atoms with van der Waals surface area (Å²) in [6.45, 7) is 26.3. The molecule has 402 valence electrons. The van der Waals surface area contributed by atoms with Crippen molar-refractivity contribution in [3.8, 4) is 0 Å².